The molecule has 0 unspecified atom stereocenters. The lowest BCUT2D eigenvalue weighted by molar-refractivity contribution is -0.387. The Bertz CT molecular complexity index is 968. The Morgan fingerprint density at radius 3 is 2.85 bits per heavy atom. The van der Waals surface area contributed by atoms with Gasteiger partial charge in [0.05, 0.1) is 15.4 Å². The molecular weight excluding hydrogens is 364 g/mol. The average Bonchev–Trinajstić information content (AvgIpc) is 3.21. The van der Waals surface area contributed by atoms with Crippen molar-refractivity contribution in [2.24, 2.45) is 7.05 Å². The van der Waals surface area contributed by atoms with Gasteiger partial charge in [-0.1, -0.05) is 5.16 Å². The van der Waals surface area contributed by atoms with E-state index in [0.29, 0.717) is 21.5 Å². The highest BCUT2D eigenvalue weighted by atomic mass is 32.2. The fourth-order valence-electron chi connectivity index (χ4n) is 1.99. The maximum absolute atomic E-state index is 12.1. The van der Waals surface area contributed by atoms with E-state index in [2.05, 4.69) is 20.7 Å². The Hall–Kier alpha value is -3.28. The molecule has 1 aromatic carbocycles. The number of nitro groups is 1. The Morgan fingerprint density at radius 2 is 2.23 bits per heavy atom. The van der Waals surface area contributed by atoms with Crippen molar-refractivity contribution >= 4 is 23.4 Å². The zero-order chi connectivity index (χ0) is 18.7. The van der Waals surface area contributed by atoms with Crippen LogP contribution in [0.25, 0.3) is 0 Å². The van der Waals surface area contributed by atoms with Gasteiger partial charge in [-0.2, -0.15) is 0 Å². The molecule has 2 aromatic heterocycles. The first-order chi connectivity index (χ1) is 12.4. The van der Waals surface area contributed by atoms with E-state index in [1.54, 1.807) is 20.0 Å². The minimum absolute atomic E-state index is 0.0531. The number of rotatable bonds is 6. The zero-order valence-corrected chi connectivity index (χ0v) is 14.5. The Morgan fingerprint density at radius 1 is 1.42 bits per heavy atom. The van der Waals surface area contributed by atoms with Crippen LogP contribution in [0.15, 0.2) is 38.8 Å². The van der Waals surface area contributed by atoms with Crippen LogP contribution >= 0.6 is 11.8 Å². The van der Waals surface area contributed by atoms with Crippen molar-refractivity contribution in [3.05, 3.63) is 51.4 Å². The van der Waals surface area contributed by atoms with E-state index in [-0.39, 0.29) is 17.9 Å². The van der Waals surface area contributed by atoms with Gasteiger partial charge in [-0.25, -0.2) is 9.48 Å². The number of hydrogen-bond donors (Lipinski definition) is 0. The summed E-state index contributed by atoms with van der Waals surface area (Å²) in [6.07, 6.45) is 0. The summed E-state index contributed by atoms with van der Waals surface area (Å²) in [5.74, 6) is -0.114. The molecule has 0 bridgehead atoms. The largest absolute Gasteiger partial charge is 0.455 e. The normalized spacial score (nSPS) is 10.7. The van der Waals surface area contributed by atoms with Crippen LogP contribution in [0, 0.1) is 17.0 Å². The van der Waals surface area contributed by atoms with Crippen molar-refractivity contribution in [2.45, 2.75) is 23.6 Å². The van der Waals surface area contributed by atoms with Crippen molar-refractivity contribution in [1.82, 2.24) is 25.4 Å². The van der Waals surface area contributed by atoms with E-state index in [9.17, 15) is 14.9 Å². The minimum atomic E-state index is -0.703. The fraction of sp³-hybridized carbons (Fsp3) is 0.214. The number of carbonyl (C=O) groups excluding carboxylic acids is 1. The molecule has 0 amide bonds. The van der Waals surface area contributed by atoms with E-state index in [1.165, 1.54) is 16.8 Å². The molecule has 0 aliphatic heterocycles. The monoisotopic (exact) mass is 376 g/mol. The molecule has 0 aliphatic rings. The summed E-state index contributed by atoms with van der Waals surface area (Å²) in [7, 11) is 1.62. The molecule has 0 saturated carbocycles. The van der Waals surface area contributed by atoms with Gasteiger partial charge in [-0.05, 0) is 41.2 Å². The number of aromatic nitrogens is 5. The maximum Gasteiger partial charge on any atom is 0.338 e. The van der Waals surface area contributed by atoms with Gasteiger partial charge in [0, 0.05) is 19.2 Å². The highest BCUT2D eigenvalue weighted by Gasteiger charge is 2.21. The van der Waals surface area contributed by atoms with Gasteiger partial charge in [0.15, 0.2) is 0 Å². The first-order valence-corrected chi connectivity index (χ1v) is 8.03. The molecular formula is C14H12N6O5S. The van der Waals surface area contributed by atoms with Crippen LogP contribution in [0.1, 0.15) is 21.8 Å². The summed E-state index contributed by atoms with van der Waals surface area (Å²) in [6, 6.07) is 5.68. The second-order valence-electron chi connectivity index (χ2n) is 5.13. The number of nitro benzene ring substituents is 1. The number of carbonyl (C=O) groups is 1. The lowest BCUT2D eigenvalue weighted by Gasteiger charge is -2.05. The predicted octanol–water partition coefficient (Wildman–Crippen LogP) is 1.92. The Kier molecular flexibility index (Phi) is 4.93. The summed E-state index contributed by atoms with van der Waals surface area (Å²) >= 11 is 1.02. The molecule has 26 heavy (non-hydrogen) atoms. The van der Waals surface area contributed by atoms with Gasteiger partial charge >= 0.3 is 5.97 Å². The number of aryl methyl sites for hydroxylation is 2. The average molecular weight is 376 g/mol. The fourth-order valence-corrected chi connectivity index (χ4v) is 2.80. The van der Waals surface area contributed by atoms with Crippen LogP contribution in [0.3, 0.4) is 0 Å². The smallest absolute Gasteiger partial charge is 0.338 e. The van der Waals surface area contributed by atoms with E-state index in [0.717, 1.165) is 17.8 Å². The first-order valence-electron chi connectivity index (χ1n) is 7.22. The summed E-state index contributed by atoms with van der Waals surface area (Å²) < 4.78 is 11.4. The molecule has 0 N–H and O–H groups in total. The van der Waals surface area contributed by atoms with Crippen molar-refractivity contribution in [2.75, 3.05) is 0 Å². The van der Waals surface area contributed by atoms with Crippen molar-refractivity contribution < 1.29 is 19.0 Å². The van der Waals surface area contributed by atoms with Crippen LogP contribution in [-0.2, 0) is 18.4 Å². The molecule has 0 saturated heterocycles. The molecule has 0 fully saturated rings. The van der Waals surface area contributed by atoms with Crippen LogP contribution in [0.2, 0.25) is 0 Å². The number of tetrazole rings is 1. The minimum Gasteiger partial charge on any atom is -0.455 e. The standard InChI is InChI=1S/C14H12N6O5S/c1-8-5-10(16-25-8)7-24-13(21)9-3-4-12(11(6-9)20(22)23)26-14-15-17-18-19(14)2/h3-6H,7H2,1-2H3. The lowest BCUT2D eigenvalue weighted by Crippen LogP contribution is -2.06. The number of esters is 1. The van der Waals surface area contributed by atoms with Gasteiger partial charge < -0.3 is 9.26 Å². The van der Waals surface area contributed by atoms with Crippen LogP contribution in [-0.4, -0.2) is 36.3 Å². The van der Waals surface area contributed by atoms with Gasteiger partial charge in [-0.15, -0.1) is 5.10 Å². The third kappa shape index (κ3) is 3.85. The number of ether oxygens (including phenoxy) is 1. The zero-order valence-electron chi connectivity index (χ0n) is 13.6. The molecule has 0 radical (unpaired) electrons. The van der Waals surface area contributed by atoms with Gasteiger partial charge in [-0.3, -0.25) is 10.1 Å². The van der Waals surface area contributed by atoms with E-state index >= 15 is 0 Å². The van der Waals surface area contributed by atoms with E-state index in [4.69, 9.17) is 9.26 Å². The SMILES string of the molecule is Cc1cc(COC(=O)c2ccc(Sc3nnnn3C)c([N+](=O)[O-])c2)no1. The number of nitrogens with zero attached hydrogens (tertiary/aromatic N) is 6. The summed E-state index contributed by atoms with van der Waals surface area (Å²) in [4.78, 5) is 23.2. The first kappa shape index (κ1) is 17.5. The highest BCUT2D eigenvalue weighted by molar-refractivity contribution is 7.99. The van der Waals surface area contributed by atoms with Crippen LogP contribution in [0.4, 0.5) is 5.69 Å². The van der Waals surface area contributed by atoms with Crippen molar-refractivity contribution in [3.8, 4) is 0 Å². The molecule has 0 atom stereocenters. The molecule has 11 nitrogen and oxygen atoms in total. The van der Waals surface area contributed by atoms with E-state index in [1.807, 2.05) is 0 Å². The summed E-state index contributed by atoms with van der Waals surface area (Å²) in [5.41, 5.74) is 0.259. The van der Waals surface area contributed by atoms with Gasteiger partial charge in [0.1, 0.15) is 18.1 Å². The van der Waals surface area contributed by atoms with Crippen LogP contribution < -0.4 is 0 Å². The summed E-state index contributed by atoms with van der Waals surface area (Å²) in [6.45, 7) is 1.62. The molecule has 134 valence electrons. The molecule has 0 aliphatic carbocycles. The van der Waals surface area contributed by atoms with Gasteiger partial charge in [0.25, 0.3) is 5.69 Å². The van der Waals surface area contributed by atoms with Crippen LogP contribution in [0.5, 0.6) is 0 Å². The van der Waals surface area contributed by atoms with E-state index < -0.39 is 10.9 Å². The van der Waals surface area contributed by atoms with Crippen molar-refractivity contribution in [1.29, 1.82) is 0 Å². The Labute approximate surface area is 150 Å². The number of benzene rings is 1. The van der Waals surface area contributed by atoms with Gasteiger partial charge in [0.2, 0.25) is 5.16 Å². The predicted molar refractivity (Wildman–Crippen MR) is 86.4 cm³/mol. The highest BCUT2D eigenvalue weighted by Crippen LogP contribution is 2.34. The second kappa shape index (κ2) is 7.31. The Balaban J connectivity index is 1.78. The molecule has 12 heteroatoms. The molecule has 3 rings (SSSR count). The topological polar surface area (TPSA) is 139 Å². The maximum atomic E-state index is 12.1. The molecule has 2 heterocycles. The van der Waals surface area contributed by atoms with Crippen molar-refractivity contribution in [3.63, 3.8) is 0 Å². The number of hydrogen-bond acceptors (Lipinski definition) is 10. The second-order valence-corrected chi connectivity index (χ2v) is 6.14. The third-order valence-corrected chi connectivity index (χ3v) is 4.30. The summed E-state index contributed by atoms with van der Waals surface area (Å²) in [5, 5.41) is 26.3. The molecule has 3 aromatic rings. The molecule has 0 spiro atoms. The quantitative estimate of drug-likeness (QED) is 0.356. The lowest BCUT2D eigenvalue weighted by atomic mass is 10.2. The third-order valence-electron chi connectivity index (χ3n) is 3.20.